The van der Waals surface area contributed by atoms with Crippen molar-refractivity contribution >= 4 is 11.8 Å². The van der Waals surface area contributed by atoms with Gasteiger partial charge in [0.15, 0.2) is 0 Å². The van der Waals surface area contributed by atoms with Gasteiger partial charge in [0.1, 0.15) is 18.0 Å². The predicted octanol–water partition coefficient (Wildman–Crippen LogP) is 3.05. The number of H-pyrrole nitrogens is 1. The number of carbonyl (C=O) groups excluding carboxylic acids is 2. The van der Waals surface area contributed by atoms with Gasteiger partial charge in [-0.05, 0) is 43.5 Å². The highest BCUT2D eigenvalue weighted by atomic mass is 19.4. The standard InChI is InChI=1S/C21H25F3N4O3/c1-2-31-16-5-3-14(4-6-16)11-19(29)28-9-7-15(8-10-28)17-12-18(27-26-17)20(30)25-13-21(22,23)24/h3-6,12,15H,2,7-11,13H2,1H3,(H,25,30)(H,26,27). The van der Waals surface area contributed by atoms with Crippen LogP contribution in [0.15, 0.2) is 30.3 Å². The normalized spacial score (nSPS) is 15.0. The van der Waals surface area contributed by atoms with E-state index in [1.54, 1.807) is 10.2 Å². The lowest BCUT2D eigenvalue weighted by molar-refractivity contribution is -0.131. The lowest BCUT2D eigenvalue weighted by Gasteiger charge is -2.31. The molecule has 3 rings (SSSR count). The van der Waals surface area contributed by atoms with Gasteiger partial charge in [-0.15, -0.1) is 0 Å². The van der Waals surface area contributed by atoms with E-state index in [-0.39, 0.29) is 17.5 Å². The number of nitrogens with zero attached hydrogens (tertiary/aromatic N) is 2. The molecule has 0 saturated carbocycles. The van der Waals surface area contributed by atoms with Crippen molar-refractivity contribution in [1.29, 1.82) is 0 Å². The minimum Gasteiger partial charge on any atom is -0.494 e. The number of nitrogens with one attached hydrogen (secondary N) is 2. The van der Waals surface area contributed by atoms with Crippen LogP contribution >= 0.6 is 0 Å². The molecule has 10 heteroatoms. The van der Waals surface area contributed by atoms with Crippen LogP contribution < -0.4 is 10.1 Å². The van der Waals surface area contributed by atoms with E-state index in [0.29, 0.717) is 44.7 Å². The molecule has 1 aliphatic rings. The number of carbonyl (C=O) groups is 2. The first-order valence-corrected chi connectivity index (χ1v) is 10.1. The van der Waals surface area contributed by atoms with Gasteiger partial charge in [-0.3, -0.25) is 14.7 Å². The van der Waals surface area contributed by atoms with Crippen molar-refractivity contribution in [2.75, 3.05) is 26.2 Å². The molecule has 0 unspecified atom stereocenters. The van der Waals surface area contributed by atoms with Crippen LogP contribution in [0.3, 0.4) is 0 Å². The molecule has 0 spiro atoms. The van der Waals surface area contributed by atoms with Gasteiger partial charge in [0.05, 0.1) is 13.0 Å². The molecule has 2 N–H and O–H groups in total. The maximum Gasteiger partial charge on any atom is 0.405 e. The zero-order valence-electron chi connectivity index (χ0n) is 17.2. The molecule has 0 atom stereocenters. The fraction of sp³-hybridized carbons (Fsp3) is 0.476. The number of rotatable bonds is 7. The van der Waals surface area contributed by atoms with E-state index in [2.05, 4.69) is 10.2 Å². The quantitative estimate of drug-likeness (QED) is 0.696. The van der Waals surface area contributed by atoms with Gasteiger partial charge >= 0.3 is 6.18 Å². The number of aromatic amines is 1. The Bertz CT molecular complexity index is 888. The molecule has 1 aromatic carbocycles. The molecule has 1 fully saturated rings. The Labute approximate surface area is 178 Å². The molecule has 31 heavy (non-hydrogen) atoms. The first-order chi connectivity index (χ1) is 14.7. The van der Waals surface area contributed by atoms with Crippen LogP contribution in [0.4, 0.5) is 13.2 Å². The van der Waals surface area contributed by atoms with E-state index in [1.165, 1.54) is 6.07 Å². The fourth-order valence-electron chi connectivity index (χ4n) is 3.53. The first-order valence-electron chi connectivity index (χ1n) is 10.1. The van der Waals surface area contributed by atoms with E-state index in [9.17, 15) is 22.8 Å². The maximum absolute atomic E-state index is 12.6. The number of hydrogen-bond donors (Lipinski definition) is 2. The van der Waals surface area contributed by atoms with Gasteiger partial charge in [-0.2, -0.15) is 18.3 Å². The summed E-state index contributed by atoms with van der Waals surface area (Å²) >= 11 is 0. The maximum atomic E-state index is 12.6. The molecular weight excluding hydrogens is 413 g/mol. The molecule has 2 heterocycles. The molecule has 0 bridgehead atoms. The molecule has 1 aromatic heterocycles. The number of piperidine rings is 1. The second-order valence-electron chi connectivity index (χ2n) is 7.42. The van der Waals surface area contributed by atoms with Crippen molar-refractivity contribution in [2.24, 2.45) is 0 Å². The minimum atomic E-state index is -4.47. The first kappa shape index (κ1) is 22.6. The Balaban J connectivity index is 1.48. The number of ether oxygens (including phenoxy) is 1. The van der Waals surface area contributed by atoms with E-state index in [4.69, 9.17) is 4.74 Å². The van der Waals surface area contributed by atoms with Crippen LogP contribution in [-0.2, 0) is 11.2 Å². The van der Waals surface area contributed by atoms with Crippen molar-refractivity contribution in [3.8, 4) is 5.75 Å². The zero-order chi connectivity index (χ0) is 22.4. The monoisotopic (exact) mass is 438 g/mol. The summed E-state index contributed by atoms with van der Waals surface area (Å²) < 4.78 is 42.1. The second-order valence-corrected chi connectivity index (χ2v) is 7.42. The summed E-state index contributed by atoms with van der Waals surface area (Å²) in [5.74, 6) is -0.000970. The topological polar surface area (TPSA) is 87.3 Å². The number of halogens is 3. The third-order valence-corrected chi connectivity index (χ3v) is 5.16. The van der Waals surface area contributed by atoms with Gasteiger partial charge in [0.2, 0.25) is 5.91 Å². The second kappa shape index (κ2) is 9.84. The molecule has 0 radical (unpaired) electrons. The summed E-state index contributed by atoms with van der Waals surface area (Å²) in [4.78, 5) is 26.2. The summed E-state index contributed by atoms with van der Waals surface area (Å²) in [6, 6.07) is 8.93. The SMILES string of the molecule is CCOc1ccc(CC(=O)N2CCC(c3cc(C(=O)NCC(F)(F)F)n[nH]3)CC2)cc1. The molecule has 1 saturated heterocycles. The Kier molecular flexibility index (Phi) is 7.19. The average molecular weight is 438 g/mol. The van der Waals surface area contributed by atoms with Gasteiger partial charge in [0.25, 0.3) is 5.91 Å². The highest BCUT2D eigenvalue weighted by Crippen LogP contribution is 2.27. The predicted molar refractivity (Wildman–Crippen MR) is 107 cm³/mol. The molecule has 168 valence electrons. The highest BCUT2D eigenvalue weighted by Gasteiger charge is 2.29. The van der Waals surface area contributed by atoms with E-state index < -0.39 is 18.6 Å². The number of aromatic nitrogens is 2. The number of hydrogen-bond acceptors (Lipinski definition) is 4. The Morgan fingerprint density at radius 3 is 2.52 bits per heavy atom. The van der Waals surface area contributed by atoms with Crippen LogP contribution in [0.1, 0.15) is 47.4 Å². The number of alkyl halides is 3. The highest BCUT2D eigenvalue weighted by molar-refractivity contribution is 5.92. The third kappa shape index (κ3) is 6.47. The van der Waals surface area contributed by atoms with Crippen LogP contribution in [-0.4, -0.2) is 59.3 Å². The van der Waals surface area contributed by atoms with Gasteiger partial charge in [-0.25, -0.2) is 0 Å². The number of benzene rings is 1. The van der Waals surface area contributed by atoms with Gasteiger partial charge in [0, 0.05) is 24.7 Å². The van der Waals surface area contributed by atoms with Crippen molar-refractivity contribution in [3.63, 3.8) is 0 Å². The molecule has 2 amide bonds. The summed E-state index contributed by atoms with van der Waals surface area (Å²) in [7, 11) is 0. The van der Waals surface area contributed by atoms with Crippen molar-refractivity contribution < 1.29 is 27.5 Å². The Morgan fingerprint density at radius 2 is 1.90 bits per heavy atom. The van der Waals surface area contributed by atoms with E-state index >= 15 is 0 Å². The van der Waals surface area contributed by atoms with Crippen LogP contribution in [0, 0.1) is 0 Å². The van der Waals surface area contributed by atoms with E-state index in [0.717, 1.165) is 11.3 Å². The lowest BCUT2D eigenvalue weighted by Crippen LogP contribution is -2.38. The minimum absolute atomic E-state index is 0.0411. The van der Waals surface area contributed by atoms with Crippen LogP contribution in [0.2, 0.25) is 0 Å². The summed E-state index contributed by atoms with van der Waals surface area (Å²) in [6.45, 7) is 2.23. The molecular formula is C21H25F3N4O3. The summed E-state index contributed by atoms with van der Waals surface area (Å²) in [6.07, 6.45) is -2.80. The van der Waals surface area contributed by atoms with Crippen LogP contribution in [0.5, 0.6) is 5.75 Å². The summed E-state index contributed by atoms with van der Waals surface area (Å²) in [5.41, 5.74) is 1.53. The van der Waals surface area contributed by atoms with E-state index in [1.807, 2.05) is 31.2 Å². The smallest absolute Gasteiger partial charge is 0.405 e. The average Bonchev–Trinajstić information content (AvgIpc) is 3.23. The number of likely N-dealkylation sites (tertiary alicyclic amines) is 1. The van der Waals surface area contributed by atoms with Crippen molar-refractivity contribution in [3.05, 3.63) is 47.3 Å². The largest absolute Gasteiger partial charge is 0.494 e. The Morgan fingerprint density at radius 1 is 1.23 bits per heavy atom. The third-order valence-electron chi connectivity index (χ3n) is 5.16. The molecule has 1 aliphatic heterocycles. The molecule has 0 aliphatic carbocycles. The number of amides is 2. The molecule has 7 nitrogen and oxygen atoms in total. The summed E-state index contributed by atoms with van der Waals surface area (Å²) in [5, 5.41) is 8.38. The van der Waals surface area contributed by atoms with Gasteiger partial charge in [-0.1, -0.05) is 12.1 Å². The molecule has 2 aromatic rings. The van der Waals surface area contributed by atoms with Crippen molar-refractivity contribution in [2.45, 2.75) is 38.3 Å². The Hall–Kier alpha value is -3.04. The lowest BCUT2D eigenvalue weighted by atomic mass is 9.93. The zero-order valence-corrected chi connectivity index (χ0v) is 17.2. The van der Waals surface area contributed by atoms with Crippen LogP contribution in [0.25, 0.3) is 0 Å². The van der Waals surface area contributed by atoms with Crippen molar-refractivity contribution in [1.82, 2.24) is 20.4 Å². The van der Waals surface area contributed by atoms with Gasteiger partial charge < -0.3 is 15.0 Å². The fourth-order valence-corrected chi connectivity index (χ4v) is 3.53.